The first kappa shape index (κ1) is 18.7. The van der Waals surface area contributed by atoms with Crippen LogP contribution in [0.25, 0.3) is 27.8 Å². The van der Waals surface area contributed by atoms with Crippen LogP contribution in [-0.2, 0) is 19.5 Å². The molecule has 1 heterocycles. The summed E-state index contributed by atoms with van der Waals surface area (Å²) in [6.07, 6.45) is 5.20. The molecular weight excluding hydrogens is 390 g/mol. The predicted molar refractivity (Wildman–Crippen MR) is 105 cm³/mol. The summed E-state index contributed by atoms with van der Waals surface area (Å²) in [6, 6.07) is 23.5. The van der Waals surface area contributed by atoms with E-state index < -0.39 is 0 Å². The van der Waals surface area contributed by atoms with Gasteiger partial charge in [-0.15, -0.1) is 0 Å². The quantitative estimate of drug-likeness (QED) is 0.295. The molecule has 5 heteroatoms. The third-order valence-electron chi connectivity index (χ3n) is 4.06. The van der Waals surface area contributed by atoms with Crippen LogP contribution in [0.15, 0.2) is 88.4 Å². The van der Waals surface area contributed by atoms with Crippen molar-refractivity contribution < 1.29 is 28.7 Å². The van der Waals surface area contributed by atoms with Crippen LogP contribution >= 0.6 is 0 Å². The molecule has 1 N–H and O–H groups in total. The largest absolute Gasteiger partial charge is 2.00 e. The van der Waals surface area contributed by atoms with E-state index in [2.05, 4.69) is 10.5 Å². The number of hydrazone groups is 1. The van der Waals surface area contributed by atoms with E-state index in [1.54, 1.807) is 12.1 Å². The molecule has 0 saturated heterocycles. The molecule has 4 nitrogen and oxygen atoms in total. The van der Waals surface area contributed by atoms with Crippen LogP contribution in [0.4, 0.5) is 0 Å². The molecule has 0 bridgehead atoms. The van der Waals surface area contributed by atoms with E-state index in [1.165, 1.54) is 6.21 Å². The molecule has 0 aliphatic rings. The molecule has 0 atom stereocenters. The molecular formula is C22H16N2O2Zn+2. The van der Waals surface area contributed by atoms with Crippen LogP contribution in [0.5, 0.6) is 0 Å². The van der Waals surface area contributed by atoms with Crippen LogP contribution in [0.1, 0.15) is 16.1 Å². The van der Waals surface area contributed by atoms with Gasteiger partial charge in [0, 0.05) is 11.6 Å². The second-order valence-corrected chi connectivity index (χ2v) is 5.80. The smallest absolute Gasteiger partial charge is 0.451 e. The fraction of sp³-hybridized carbons (Fsp3) is 0. The summed E-state index contributed by atoms with van der Waals surface area (Å²) in [6.45, 7) is 0. The topological polar surface area (TPSA) is 54.6 Å². The van der Waals surface area contributed by atoms with Gasteiger partial charge >= 0.3 is 25.4 Å². The standard InChI is InChI=1S/C22H16N2O2.Zn/c25-22(24-23-14-6-9-16-7-2-1-3-8-16)21-15-19-18-11-5-4-10-17(18)12-13-20(19)26-21;/h1-15H,(H,24,25);/q;+2/b9-6+,23-14+;. The number of rotatable bonds is 4. The van der Waals surface area contributed by atoms with Crippen molar-refractivity contribution in [3.05, 3.63) is 90.2 Å². The van der Waals surface area contributed by atoms with Gasteiger partial charge in [-0.1, -0.05) is 66.7 Å². The number of carbonyl (C=O) groups excluding carboxylic acids is 1. The molecule has 0 unspecified atom stereocenters. The molecule has 0 spiro atoms. The van der Waals surface area contributed by atoms with E-state index in [9.17, 15) is 4.79 Å². The Bertz CT molecular complexity index is 1130. The number of furan rings is 1. The maximum atomic E-state index is 12.2. The van der Waals surface area contributed by atoms with Gasteiger partial charge in [0.2, 0.25) is 0 Å². The molecule has 0 aliphatic heterocycles. The number of nitrogens with one attached hydrogen (secondary N) is 1. The van der Waals surface area contributed by atoms with Crippen molar-refractivity contribution in [3.8, 4) is 0 Å². The Labute approximate surface area is 169 Å². The Balaban J connectivity index is 0.00000210. The first-order valence-electron chi connectivity index (χ1n) is 8.28. The number of nitrogens with zero attached hydrogens (tertiary/aromatic N) is 1. The van der Waals surface area contributed by atoms with Crippen molar-refractivity contribution in [1.82, 2.24) is 5.43 Å². The van der Waals surface area contributed by atoms with E-state index in [-0.39, 0.29) is 31.1 Å². The van der Waals surface area contributed by atoms with Crippen molar-refractivity contribution in [3.63, 3.8) is 0 Å². The van der Waals surface area contributed by atoms with Gasteiger partial charge in [-0.25, -0.2) is 5.43 Å². The maximum absolute atomic E-state index is 12.2. The molecule has 3 aromatic carbocycles. The normalized spacial score (nSPS) is 11.3. The van der Waals surface area contributed by atoms with Gasteiger partial charge in [0.05, 0.1) is 0 Å². The van der Waals surface area contributed by atoms with Crippen LogP contribution < -0.4 is 5.43 Å². The first-order chi connectivity index (χ1) is 12.8. The van der Waals surface area contributed by atoms with Gasteiger partial charge in [-0.05, 0) is 34.5 Å². The minimum absolute atomic E-state index is 0. The third-order valence-corrected chi connectivity index (χ3v) is 4.06. The Morgan fingerprint density at radius 3 is 2.56 bits per heavy atom. The van der Waals surface area contributed by atoms with E-state index in [0.29, 0.717) is 5.58 Å². The maximum Gasteiger partial charge on any atom is 2.00 e. The van der Waals surface area contributed by atoms with Crippen LogP contribution in [-0.4, -0.2) is 12.1 Å². The van der Waals surface area contributed by atoms with Crippen molar-refractivity contribution in [2.24, 2.45) is 5.10 Å². The molecule has 0 fully saturated rings. The number of hydrogen-bond donors (Lipinski definition) is 1. The second-order valence-electron chi connectivity index (χ2n) is 5.80. The molecule has 0 aliphatic carbocycles. The van der Waals surface area contributed by atoms with Gasteiger partial charge in [-0.2, -0.15) is 5.10 Å². The summed E-state index contributed by atoms with van der Waals surface area (Å²) in [5.41, 5.74) is 4.23. The Morgan fingerprint density at radius 2 is 1.70 bits per heavy atom. The first-order valence-corrected chi connectivity index (χ1v) is 8.28. The van der Waals surface area contributed by atoms with E-state index in [1.807, 2.05) is 72.8 Å². The summed E-state index contributed by atoms with van der Waals surface area (Å²) < 4.78 is 5.66. The molecule has 1 amide bonds. The molecule has 4 rings (SSSR count). The van der Waals surface area contributed by atoms with Gasteiger partial charge in [-0.3, -0.25) is 4.79 Å². The molecule has 0 saturated carbocycles. The van der Waals surface area contributed by atoms with E-state index in [4.69, 9.17) is 4.42 Å². The number of carbonyl (C=O) groups is 1. The van der Waals surface area contributed by atoms with Crippen molar-refractivity contribution >= 4 is 39.9 Å². The molecule has 1 aromatic heterocycles. The Morgan fingerprint density at radius 1 is 0.926 bits per heavy atom. The monoisotopic (exact) mass is 404 g/mol. The minimum atomic E-state index is -0.380. The van der Waals surface area contributed by atoms with Gasteiger partial charge in [0.15, 0.2) is 5.76 Å². The average Bonchev–Trinajstić information content (AvgIpc) is 3.13. The summed E-state index contributed by atoms with van der Waals surface area (Å²) in [7, 11) is 0. The second kappa shape index (κ2) is 8.56. The van der Waals surface area contributed by atoms with E-state index >= 15 is 0 Å². The number of hydrogen-bond acceptors (Lipinski definition) is 3. The fourth-order valence-corrected chi connectivity index (χ4v) is 2.82. The number of benzene rings is 3. The minimum Gasteiger partial charge on any atom is -0.451 e. The van der Waals surface area contributed by atoms with Crippen LogP contribution in [0.3, 0.4) is 0 Å². The molecule has 27 heavy (non-hydrogen) atoms. The Hall–Kier alpha value is -3.04. The summed E-state index contributed by atoms with van der Waals surface area (Å²) >= 11 is 0. The van der Waals surface area contributed by atoms with Gasteiger partial charge in [0.25, 0.3) is 0 Å². The molecule has 4 aromatic rings. The predicted octanol–water partition coefficient (Wildman–Crippen LogP) is 5.01. The van der Waals surface area contributed by atoms with Crippen molar-refractivity contribution in [1.29, 1.82) is 0 Å². The van der Waals surface area contributed by atoms with Crippen molar-refractivity contribution in [2.75, 3.05) is 0 Å². The zero-order chi connectivity index (χ0) is 17.8. The van der Waals surface area contributed by atoms with Crippen LogP contribution in [0, 0.1) is 0 Å². The number of fused-ring (bicyclic) bond motifs is 3. The average molecular weight is 406 g/mol. The summed E-state index contributed by atoms with van der Waals surface area (Å²) in [4.78, 5) is 12.2. The molecule has 126 valence electrons. The zero-order valence-corrected chi connectivity index (χ0v) is 17.6. The zero-order valence-electron chi connectivity index (χ0n) is 14.6. The Kier molecular flexibility index (Phi) is 5.95. The third kappa shape index (κ3) is 4.21. The van der Waals surface area contributed by atoms with Gasteiger partial charge in [0.1, 0.15) is 5.58 Å². The van der Waals surface area contributed by atoms with Crippen molar-refractivity contribution in [2.45, 2.75) is 0 Å². The molecule has 0 radical (unpaired) electrons. The van der Waals surface area contributed by atoms with Gasteiger partial charge < -0.3 is 4.42 Å². The number of allylic oxidation sites excluding steroid dienone is 1. The summed E-state index contributed by atoms with van der Waals surface area (Å²) in [5, 5.41) is 7.01. The van der Waals surface area contributed by atoms with Crippen LogP contribution in [0.2, 0.25) is 0 Å². The van der Waals surface area contributed by atoms with E-state index in [0.717, 1.165) is 21.7 Å². The number of amides is 1. The fourth-order valence-electron chi connectivity index (χ4n) is 2.82. The SMILES string of the molecule is O=C(N/N=C/C=C/c1ccccc1)c1cc2c(ccc3ccccc32)o1.[Zn+2]. The summed E-state index contributed by atoms with van der Waals surface area (Å²) in [5.74, 6) is -0.143.